The largest absolute Gasteiger partial charge is 0.512 e. The summed E-state index contributed by atoms with van der Waals surface area (Å²) in [5.41, 5.74) is 5.63. The summed E-state index contributed by atoms with van der Waals surface area (Å²) in [5, 5.41) is 10.0. The third-order valence-corrected chi connectivity index (χ3v) is 3.93. The van der Waals surface area contributed by atoms with Crippen LogP contribution in [0.15, 0.2) is 66.6 Å². The third-order valence-electron chi connectivity index (χ3n) is 3.93. The monoisotopic (exact) mass is 346 g/mol. The highest BCUT2D eigenvalue weighted by Gasteiger charge is 2.12. The molecule has 0 aliphatic rings. The summed E-state index contributed by atoms with van der Waals surface area (Å²) >= 11 is 0. The van der Waals surface area contributed by atoms with Gasteiger partial charge >= 0.3 is 0 Å². The Balaban J connectivity index is 0.00000117. The van der Waals surface area contributed by atoms with Crippen LogP contribution in [0.25, 0.3) is 28.6 Å². The molecule has 1 N–H and O–H groups in total. The Morgan fingerprint density at radius 2 is 1.69 bits per heavy atom. The fourth-order valence-electron chi connectivity index (χ4n) is 2.64. The van der Waals surface area contributed by atoms with Gasteiger partial charge < -0.3 is 5.11 Å². The molecule has 0 spiro atoms. The van der Waals surface area contributed by atoms with Gasteiger partial charge in [0.2, 0.25) is 0 Å². The molecular formula is C23H26N2O. The second-order valence-corrected chi connectivity index (χ2v) is 5.62. The first-order chi connectivity index (χ1) is 12.7. The van der Waals surface area contributed by atoms with Crippen molar-refractivity contribution in [3.05, 3.63) is 77.8 Å². The molecule has 1 aromatic carbocycles. The van der Waals surface area contributed by atoms with Crippen molar-refractivity contribution in [2.24, 2.45) is 0 Å². The maximum absolute atomic E-state index is 10.0. The highest BCUT2D eigenvalue weighted by atomic mass is 16.3. The maximum atomic E-state index is 10.0. The lowest BCUT2D eigenvalue weighted by Gasteiger charge is -2.13. The molecule has 0 amide bonds. The van der Waals surface area contributed by atoms with Crippen LogP contribution in [0.1, 0.15) is 38.4 Å². The summed E-state index contributed by atoms with van der Waals surface area (Å²) in [4.78, 5) is 9.10. The SMILES string of the molecule is CC.CC/C(O)=C\c1c(-c2ccccc2)cc(-c2ccccn2)nc1C. The van der Waals surface area contributed by atoms with Gasteiger partial charge in [0, 0.05) is 23.9 Å². The van der Waals surface area contributed by atoms with E-state index in [0.717, 1.165) is 33.8 Å². The summed E-state index contributed by atoms with van der Waals surface area (Å²) in [7, 11) is 0. The number of aliphatic hydroxyl groups excluding tert-OH is 1. The van der Waals surface area contributed by atoms with Crippen molar-refractivity contribution in [1.82, 2.24) is 9.97 Å². The van der Waals surface area contributed by atoms with Crippen molar-refractivity contribution in [1.29, 1.82) is 0 Å². The van der Waals surface area contributed by atoms with Crippen molar-refractivity contribution in [3.8, 4) is 22.5 Å². The highest BCUT2D eigenvalue weighted by molar-refractivity contribution is 5.80. The molecule has 3 heteroatoms. The normalized spacial score (nSPS) is 10.8. The van der Waals surface area contributed by atoms with E-state index in [9.17, 15) is 5.11 Å². The van der Waals surface area contributed by atoms with Gasteiger partial charge in [-0.05, 0) is 42.3 Å². The van der Waals surface area contributed by atoms with Crippen LogP contribution < -0.4 is 0 Å². The minimum atomic E-state index is 0.350. The summed E-state index contributed by atoms with van der Waals surface area (Å²) in [6.45, 7) is 7.90. The van der Waals surface area contributed by atoms with Crippen LogP contribution in [0.4, 0.5) is 0 Å². The Bertz CT molecular complexity index is 856. The zero-order chi connectivity index (χ0) is 18.9. The molecule has 2 heterocycles. The number of hydrogen-bond donors (Lipinski definition) is 1. The molecule has 134 valence electrons. The number of aryl methyl sites for hydroxylation is 1. The van der Waals surface area contributed by atoms with Gasteiger partial charge in [-0.25, -0.2) is 0 Å². The van der Waals surface area contributed by atoms with E-state index in [1.165, 1.54) is 0 Å². The van der Waals surface area contributed by atoms with Crippen LogP contribution in [0.3, 0.4) is 0 Å². The number of rotatable bonds is 4. The third kappa shape index (κ3) is 4.57. The van der Waals surface area contributed by atoms with E-state index < -0.39 is 0 Å². The zero-order valence-corrected chi connectivity index (χ0v) is 15.9. The first kappa shape index (κ1) is 19.4. The zero-order valence-electron chi connectivity index (χ0n) is 15.9. The first-order valence-electron chi connectivity index (χ1n) is 9.07. The predicted octanol–water partition coefficient (Wildman–Crippen LogP) is 6.45. The van der Waals surface area contributed by atoms with Crippen LogP contribution >= 0.6 is 0 Å². The van der Waals surface area contributed by atoms with Gasteiger partial charge in [0.05, 0.1) is 17.1 Å². The number of allylic oxidation sites excluding steroid dienone is 1. The molecule has 0 saturated heterocycles. The van der Waals surface area contributed by atoms with Gasteiger partial charge in [0.15, 0.2) is 0 Å². The molecule has 0 saturated carbocycles. The van der Waals surface area contributed by atoms with E-state index >= 15 is 0 Å². The number of pyridine rings is 2. The molecule has 3 nitrogen and oxygen atoms in total. The van der Waals surface area contributed by atoms with Crippen molar-refractivity contribution in [2.45, 2.75) is 34.1 Å². The molecule has 0 atom stereocenters. The molecule has 0 fully saturated rings. The minimum Gasteiger partial charge on any atom is -0.512 e. The fraction of sp³-hybridized carbons (Fsp3) is 0.217. The van der Waals surface area contributed by atoms with Crippen LogP contribution in [0.5, 0.6) is 0 Å². The number of nitrogens with zero attached hydrogens (tertiary/aromatic N) is 2. The standard InChI is InChI=1S/C21H20N2O.C2H6/c1-3-17(24)13-18-15(2)23-21(20-11-7-8-12-22-20)14-19(18)16-9-5-4-6-10-16;1-2/h4-14,24H,3H2,1-2H3;1-2H3/b17-13+;. The molecule has 0 aliphatic heterocycles. The second kappa shape index (κ2) is 9.52. The van der Waals surface area contributed by atoms with E-state index in [0.29, 0.717) is 12.2 Å². The molecule has 0 unspecified atom stereocenters. The molecule has 3 aromatic rings. The number of benzene rings is 1. The van der Waals surface area contributed by atoms with Gasteiger partial charge in [0.1, 0.15) is 0 Å². The number of aliphatic hydroxyl groups is 1. The van der Waals surface area contributed by atoms with Crippen molar-refractivity contribution in [2.75, 3.05) is 0 Å². The smallest absolute Gasteiger partial charge is 0.0926 e. The van der Waals surface area contributed by atoms with E-state index in [2.05, 4.69) is 17.1 Å². The number of hydrogen-bond acceptors (Lipinski definition) is 3. The van der Waals surface area contributed by atoms with Crippen LogP contribution in [-0.4, -0.2) is 15.1 Å². The van der Waals surface area contributed by atoms with Crippen molar-refractivity contribution >= 4 is 6.08 Å². The average Bonchev–Trinajstić information content (AvgIpc) is 2.72. The summed E-state index contributed by atoms with van der Waals surface area (Å²) < 4.78 is 0. The topological polar surface area (TPSA) is 46.0 Å². The van der Waals surface area contributed by atoms with E-state index in [4.69, 9.17) is 4.98 Å². The Hall–Kier alpha value is -2.94. The molecule has 3 rings (SSSR count). The van der Waals surface area contributed by atoms with E-state index in [1.54, 1.807) is 6.20 Å². The Morgan fingerprint density at radius 1 is 1.00 bits per heavy atom. The van der Waals surface area contributed by atoms with Crippen LogP contribution in [0, 0.1) is 6.92 Å². The fourth-order valence-corrected chi connectivity index (χ4v) is 2.64. The molecular weight excluding hydrogens is 320 g/mol. The first-order valence-corrected chi connectivity index (χ1v) is 9.07. The highest BCUT2D eigenvalue weighted by Crippen LogP contribution is 2.31. The maximum Gasteiger partial charge on any atom is 0.0926 e. The summed E-state index contributed by atoms with van der Waals surface area (Å²) in [6.07, 6.45) is 4.17. The molecule has 0 radical (unpaired) electrons. The van der Waals surface area contributed by atoms with E-state index in [1.807, 2.05) is 76.2 Å². The summed E-state index contributed by atoms with van der Waals surface area (Å²) in [5.74, 6) is 0.350. The summed E-state index contributed by atoms with van der Waals surface area (Å²) in [6, 6.07) is 18.0. The lowest BCUT2D eigenvalue weighted by molar-refractivity contribution is 0.400. The molecule has 0 bridgehead atoms. The Morgan fingerprint density at radius 3 is 2.31 bits per heavy atom. The van der Waals surface area contributed by atoms with Crippen LogP contribution in [-0.2, 0) is 0 Å². The van der Waals surface area contributed by atoms with Crippen LogP contribution in [0.2, 0.25) is 0 Å². The van der Waals surface area contributed by atoms with Crippen molar-refractivity contribution in [3.63, 3.8) is 0 Å². The lowest BCUT2D eigenvalue weighted by Crippen LogP contribution is -1.97. The van der Waals surface area contributed by atoms with Gasteiger partial charge in [-0.1, -0.05) is 57.2 Å². The average molecular weight is 346 g/mol. The van der Waals surface area contributed by atoms with Gasteiger partial charge in [-0.15, -0.1) is 0 Å². The van der Waals surface area contributed by atoms with Gasteiger partial charge in [0.25, 0.3) is 0 Å². The second-order valence-electron chi connectivity index (χ2n) is 5.62. The Labute approximate surface area is 156 Å². The quantitative estimate of drug-likeness (QED) is 0.552. The molecule has 2 aromatic heterocycles. The van der Waals surface area contributed by atoms with Gasteiger partial charge in [-0.3, -0.25) is 9.97 Å². The van der Waals surface area contributed by atoms with Gasteiger partial charge in [-0.2, -0.15) is 0 Å². The van der Waals surface area contributed by atoms with Crippen molar-refractivity contribution < 1.29 is 5.11 Å². The minimum absolute atomic E-state index is 0.350. The molecule has 0 aliphatic carbocycles. The molecule has 26 heavy (non-hydrogen) atoms. The number of aromatic nitrogens is 2. The lowest BCUT2D eigenvalue weighted by atomic mass is 9.96. The predicted molar refractivity (Wildman–Crippen MR) is 110 cm³/mol. The van der Waals surface area contributed by atoms with E-state index in [-0.39, 0.29) is 0 Å². The Kier molecular flexibility index (Phi) is 7.10.